The molecule has 0 saturated carbocycles. The van der Waals surface area contributed by atoms with Crippen molar-refractivity contribution in [2.45, 2.75) is 201 Å². The summed E-state index contributed by atoms with van der Waals surface area (Å²) >= 11 is 0. The maximum Gasteiger partial charge on any atom is 0.184 e. The first-order valence-electron chi connectivity index (χ1n) is 22.9. The molecule has 3 N–H and O–H groups in total. The second kappa shape index (κ2) is 23.8. The van der Waals surface area contributed by atoms with Crippen LogP contribution in [0.1, 0.15) is 83.5 Å². The zero-order chi connectivity index (χ0) is 42.8. The Balaban J connectivity index is 0.717. The van der Waals surface area contributed by atoms with Crippen LogP contribution in [0.25, 0.3) is 0 Å². The van der Waals surface area contributed by atoms with Crippen molar-refractivity contribution in [3.63, 3.8) is 0 Å². The van der Waals surface area contributed by atoms with Gasteiger partial charge in [0.15, 0.2) is 50.3 Å². The third-order valence-electron chi connectivity index (χ3n) is 12.9. The lowest BCUT2D eigenvalue weighted by molar-refractivity contribution is -0.318. The van der Waals surface area contributed by atoms with Gasteiger partial charge in [0.25, 0.3) is 0 Å². The normalized spacial score (nSPS) is 45.9. The van der Waals surface area contributed by atoms with Crippen LogP contribution in [0.2, 0.25) is 0 Å². The average molecular weight is 895 g/mol. The van der Waals surface area contributed by atoms with Crippen LogP contribution < -0.4 is 0 Å². The predicted molar refractivity (Wildman–Crippen MR) is 208 cm³/mol. The van der Waals surface area contributed by atoms with Crippen molar-refractivity contribution in [1.82, 2.24) is 0 Å². The van der Waals surface area contributed by atoms with Gasteiger partial charge in [0.05, 0.1) is 102 Å². The van der Waals surface area contributed by atoms with Crippen LogP contribution >= 0.6 is 0 Å². The van der Waals surface area contributed by atoms with Crippen LogP contribution in [0.3, 0.4) is 0 Å². The number of aliphatic hydroxyl groups is 3. The van der Waals surface area contributed by atoms with Gasteiger partial charge in [-0.25, -0.2) is 0 Å². The summed E-state index contributed by atoms with van der Waals surface area (Å²) in [5.74, 6) is 0. The van der Waals surface area contributed by atoms with Gasteiger partial charge in [-0.15, -0.1) is 0 Å². The number of methoxy groups -OCH3 is 2. The minimum atomic E-state index is -0.890. The molecule has 0 radical (unpaired) electrons. The van der Waals surface area contributed by atoms with E-state index in [1.165, 1.54) is 0 Å². The molecule has 0 amide bonds. The molecule has 62 heavy (non-hydrogen) atoms. The summed E-state index contributed by atoms with van der Waals surface area (Å²) in [7, 11) is 3.28. The monoisotopic (exact) mass is 894 g/mol. The topological polar surface area (TPSA) is 218 Å². The number of aliphatic hydroxyl groups excluding tert-OH is 3. The fourth-order valence-electron chi connectivity index (χ4n) is 9.27. The maximum atomic E-state index is 11.0. The van der Waals surface area contributed by atoms with E-state index in [2.05, 4.69) is 0 Å². The van der Waals surface area contributed by atoms with Gasteiger partial charge in [0.1, 0.15) is 18.3 Å². The summed E-state index contributed by atoms with van der Waals surface area (Å²) < 4.78 is 103. The zero-order valence-electron chi connectivity index (χ0n) is 36.1. The Morgan fingerprint density at radius 3 is 1.34 bits per heavy atom. The fraction of sp³-hybridized carbons (Fsp3) is 1.00. The van der Waals surface area contributed by atoms with Gasteiger partial charge < -0.3 is 95.8 Å². The van der Waals surface area contributed by atoms with Gasteiger partial charge in [-0.3, -0.25) is 0 Å². The Morgan fingerprint density at radius 1 is 0.387 bits per heavy atom. The number of ether oxygens (including phenoxy) is 17. The molecule has 8 heterocycles. The molecule has 8 aliphatic rings. The fourth-order valence-corrected chi connectivity index (χ4v) is 9.27. The number of rotatable bonds is 18. The lowest BCUT2D eigenvalue weighted by Gasteiger charge is -2.41. The van der Waals surface area contributed by atoms with E-state index in [0.29, 0.717) is 77.4 Å². The summed E-state index contributed by atoms with van der Waals surface area (Å²) in [6.45, 7) is 1.79. The molecule has 0 aromatic heterocycles. The summed E-state index contributed by atoms with van der Waals surface area (Å²) in [4.78, 5) is 0. The largest absolute Gasteiger partial charge is 0.394 e. The van der Waals surface area contributed by atoms with Gasteiger partial charge in [-0.05, 0) is 32.1 Å². The molecule has 0 bridgehead atoms. The molecule has 20 heteroatoms. The molecule has 0 aliphatic carbocycles. The molecule has 0 aromatic carbocycles. The van der Waals surface area contributed by atoms with Crippen LogP contribution in [-0.2, 0) is 80.5 Å². The average Bonchev–Trinajstić information content (AvgIpc) is 3.97. The van der Waals surface area contributed by atoms with Crippen molar-refractivity contribution < 1.29 is 95.8 Å². The van der Waals surface area contributed by atoms with Gasteiger partial charge in [-0.1, -0.05) is 0 Å². The van der Waals surface area contributed by atoms with Crippen LogP contribution in [0.4, 0.5) is 0 Å². The van der Waals surface area contributed by atoms with Crippen molar-refractivity contribution in [3.8, 4) is 0 Å². The first-order valence-corrected chi connectivity index (χ1v) is 22.9. The highest BCUT2D eigenvalue weighted by Crippen LogP contribution is 2.33. The first kappa shape index (κ1) is 47.7. The van der Waals surface area contributed by atoms with Gasteiger partial charge in [0.2, 0.25) is 0 Å². The molecular weight excluding hydrogens is 824 g/mol. The van der Waals surface area contributed by atoms with Crippen molar-refractivity contribution in [1.29, 1.82) is 0 Å². The van der Waals surface area contributed by atoms with E-state index >= 15 is 0 Å². The zero-order valence-corrected chi connectivity index (χ0v) is 36.1. The van der Waals surface area contributed by atoms with Crippen molar-refractivity contribution >= 4 is 0 Å². The smallest absolute Gasteiger partial charge is 0.184 e. The van der Waals surface area contributed by atoms with E-state index in [4.69, 9.17) is 80.5 Å². The van der Waals surface area contributed by atoms with Gasteiger partial charge in [0, 0.05) is 65.6 Å². The highest BCUT2D eigenvalue weighted by Gasteiger charge is 2.43. The number of hydrogen-bond acceptors (Lipinski definition) is 20. The molecule has 19 atom stereocenters. The molecular formula is C42H70O20. The second-order valence-electron chi connectivity index (χ2n) is 17.5. The van der Waals surface area contributed by atoms with E-state index in [1.807, 2.05) is 0 Å². The van der Waals surface area contributed by atoms with Crippen molar-refractivity contribution in [2.24, 2.45) is 0 Å². The van der Waals surface area contributed by atoms with Gasteiger partial charge >= 0.3 is 0 Å². The van der Waals surface area contributed by atoms with Crippen LogP contribution in [0.15, 0.2) is 0 Å². The Morgan fingerprint density at radius 2 is 0.839 bits per heavy atom. The van der Waals surface area contributed by atoms with E-state index < -0.39 is 50.1 Å². The Bertz CT molecular complexity index is 1280. The third kappa shape index (κ3) is 13.4. The molecule has 358 valence electrons. The maximum absolute atomic E-state index is 11.0. The molecule has 19 unspecified atom stereocenters. The van der Waals surface area contributed by atoms with Crippen molar-refractivity contribution in [3.05, 3.63) is 0 Å². The third-order valence-corrected chi connectivity index (χ3v) is 12.9. The van der Waals surface area contributed by atoms with E-state index in [9.17, 15) is 15.3 Å². The summed E-state index contributed by atoms with van der Waals surface area (Å²) in [6, 6.07) is 0. The highest BCUT2D eigenvalue weighted by atomic mass is 16.8. The molecule has 8 fully saturated rings. The van der Waals surface area contributed by atoms with E-state index in [-0.39, 0.29) is 107 Å². The second-order valence-corrected chi connectivity index (χ2v) is 17.5. The molecule has 8 saturated heterocycles. The van der Waals surface area contributed by atoms with Crippen LogP contribution in [0, 0.1) is 0 Å². The first-order chi connectivity index (χ1) is 30.3. The Kier molecular flexibility index (Phi) is 18.3. The van der Waals surface area contributed by atoms with Crippen LogP contribution in [-0.4, -0.2) is 200 Å². The highest BCUT2D eigenvalue weighted by molar-refractivity contribution is 4.84. The minimum absolute atomic E-state index is 0.0354. The van der Waals surface area contributed by atoms with Crippen molar-refractivity contribution in [2.75, 3.05) is 67.1 Å². The summed E-state index contributed by atoms with van der Waals surface area (Å²) in [5, 5.41) is 30.0. The summed E-state index contributed by atoms with van der Waals surface area (Å²) in [5.41, 5.74) is 0. The lowest BCUT2D eigenvalue weighted by atomic mass is 10.1. The quantitative estimate of drug-likeness (QED) is 0.177. The Hall–Kier alpha value is -0.800. The van der Waals surface area contributed by atoms with E-state index in [1.54, 1.807) is 14.2 Å². The minimum Gasteiger partial charge on any atom is -0.394 e. The lowest BCUT2D eigenvalue weighted by Crippen LogP contribution is -2.50. The molecule has 0 spiro atoms. The standard InChI is InChI=1S/C42H70O20/c1-46-26-5-8-36(48-18-26)62-34-23-52-41(15-32(34)60-39-12-4-25(17-44)55-39)56-27-6-9-35(49-19-27)57-29-13-30(45)42(53-21-29)58-28-7-10-37(50-20-28)61-33-22-51-40(47-2)14-31(33)59-38-11-3-24(16-43)54-38/h24-45H,3-23H2,1-2H3. The molecule has 8 aliphatic heterocycles. The van der Waals surface area contributed by atoms with E-state index in [0.717, 1.165) is 19.3 Å². The molecule has 0 aromatic rings. The summed E-state index contributed by atoms with van der Waals surface area (Å²) in [6.07, 6.45) is 0.711. The Labute approximate surface area is 363 Å². The number of hydrogen-bond donors (Lipinski definition) is 3. The van der Waals surface area contributed by atoms with Crippen LogP contribution in [0.5, 0.6) is 0 Å². The predicted octanol–water partition coefficient (Wildman–Crippen LogP) is 1.35. The SMILES string of the molecule is COC1CCC(OC2COC(OC3CCC(OC4COC(OC5CCC(OC6COC(OC)CC6OC6CCC(CO)O6)OC5)C(O)C4)OC3)CC2OC2CCC(CO)O2)OC1. The molecule has 8 rings (SSSR count). The molecule has 20 nitrogen and oxygen atoms in total. The van der Waals surface area contributed by atoms with Gasteiger partial charge in [-0.2, -0.15) is 0 Å².